The fourth-order valence-corrected chi connectivity index (χ4v) is 3.46. The Hall–Kier alpha value is -2.63. The fraction of sp³-hybridized carbons (Fsp3) is 0.450. The van der Waals surface area contributed by atoms with Gasteiger partial charge in [-0.25, -0.2) is 4.68 Å². The van der Waals surface area contributed by atoms with Gasteiger partial charge in [0, 0.05) is 31.3 Å². The molecule has 1 heterocycles. The molecule has 1 saturated carbocycles. The third kappa shape index (κ3) is 4.71. The van der Waals surface area contributed by atoms with Crippen LogP contribution in [0.3, 0.4) is 0 Å². The molecule has 2 amide bonds. The van der Waals surface area contributed by atoms with Gasteiger partial charge in [0.05, 0.1) is 11.7 Å². The summed E-state index contributed by atoms with van der Waals surface area (Å²) in [6.45, 7) is 1.94. The molecule has 1 aliphatic carbocycles. The zero-order valence-electron chi connectivity index (χ0n) is 15.1. The monoisotopic (exact) mass is 354 g/mol. The first kappa shape index (κ1) is 18.2. The van der Waals surface area contributed by atoms with E-state index < -0.39 is 0 Å². The van der Waals surface area contributed by atoms with Crippen LogP contribution in [0.25, 0.3) is 5.69 Å². The maximum atomic E-state index is 12.3. The van der Waals surface area contributed by atoms with Crippen LogP contribution in [0.1, 0.15) is 57.1 Å². The molecule has 1 aromatic carbocycles. The number of nitrogens with one attached hydrogen (secondary N) is 2. The van der Waals surface area contributed by atoms with Gasteiger partial charge in [-0.1, -0.05) is 31.0 Å². The number of para-hydroxylation sites is 1. The van der Waals surface area contributed by atoms with Gasteiger partial charge in [-0.2, -0.15) is 5.10 Å². The Balaban J connectivity index is 1.52. The normalized spacial score (nSPS) is 15.6. The van der Waals surface area contributed by atoms with E-state index in [1.807, 2.05) is 43.5 Å². The number of carbonyl (C=O) groups excluding carboxylic acids is 2. The molecule has 0 unspecified atom stereocenters. The third-order valence-corrected chi connectivity index (χ3v) is 4.83. The Labute approximate surface area is 154 Å². The molecule has 1 atom stereocenters. The summed E-state index contributed by atoms with van der Waals surface area (Å²) < 4.78 is 1.78. The molecule has 6 nitrogen and oxygen atoms in total. The second-order valence-corrected chi connectivity index (χ2v) is 6.85. The molecule has 0 aliphatic heterocycles. The highest BCUT2D eigenvalue weighted by Gasteiger charge is 2.18. The van der Waals surface area contributed by atoms with Crippen LogP contribution in [0.15, 0.2) is 42.7 Å². The largest absolute Gasteiger partial charge is 0.353 e. The summed E-state index contributed by atoms with van der Waals surface area (Å²) in [4.78, 5) is 24.2. The molecule has 6 heteroatoms. The average molecular weight is 354 g/mol. The molecule has 1 fully saturated rings. The van der Waals surface area contributed by atoms with Gasteiger partial charge in [-0.3, -0.25) is 9.59 Å². The van der Waals surface area contributed by atoms with Crippen molar-refractivity contribution in [2.45, 2.75) is 57.5 Å². The molecule has 1 aromatic heterocycles. The predicted octanol–water partition coefficient (Wildman–Crippen LogP) is 2.89. The van der Waals surface area contributed by atoms with E-state index >= 15 is 0 Å². The van der Waals surface area contributed by atoms with Crippen LogP contribution >= 0.6 is 0 Å². The highest BCUT2D eigenvalue weighted by molar-refractivity contribution is 5.84. The number of benzene rings is 1. The van der Waals surface area contributed by atoms with Crippen LogP contribution in [0.5, 0.6) is 0 Å². The Bertz CT molecular complexity index is 736. The summed E-state index contributed by atoms with van der Waals surface area (Å²) in [6.07, 6.45) is 8.50. The van der Waals surface area contributed by atoms with Crippen molar-refractivity contribution in [2.75, 3.05) is 0 Å². The standard InChI is InChI=1S/C20H26N4O2/c1-15(17-9-4-5-10-18(17)24-14-6-13-21-24)22-19(25)11-12-20(26)23-16-7-2-3-8-16/h4-6,9-10,13-16H,2-3,7-8,11-12H2,1H3,(H,22,25)(H,23,26)/t15-/m0/s1. The van der Waals surface area contributed by atoms with Crippen molar-refractivity contribution in [1.29, 1.82) is 0 Å². The van der Waals surface area contributed by atoms with Crippen LogP contribution < -0.4 is 10.6 Å². The van der Waals surface area contributed by atoms with Crippen molar-refractivity contribution in [3.63, 3.8) is 0 Å². The topological polar surface area (TPSA) is 76.0 Å². The third-order valence-electron chi connectivity index (χ3n) is 4.83. The molecule has 0 saturated heterocycles. The zero-order chi connectivity index (χ0) is 18.4. The quantitative estimate of drug-likeness (QED) is 0.803. The van der Waals surface area contributed by atoms with Crippen LogP contribution in [0, 0.1) is 0 Å². The average Bonchev–Trinajstić information content (AvgIpc) is 3.34. The lowest BCUT2D eigenvalue weighted by Crippen LogP contribution is -2.34. The molecular weight excluding hydrogens is 328 g/mol. The molecule has 2 N–H and O–H groups in total. The first-order valence-corrected chi connectivity index (χ1v) is 9.31. The summed E-state index contributed by atoms with van der Waals surface area (Å²) in [5, 5.41) is 10.3. The summed E-state index contributed by atoms with van der Waals surface area (Å²) in [6, 6.07) is 9.84. The van der Waals surface area contributed by atoms with Crippen molar-refractivity contribution in [2.24, 2.45) is 0 Å². The SMILES string of the molecule is C[C@H](NC(=O)CCC(=O)NC1CCCC1)c1ccccc1-n1cccn1. The molecule has 26 heavy (non-hydrogen) atoms. The number of carbonyl (C=O) groups is 2. The highest BCUT2D eigenvalue weighted by atomic mass is 16.2. The zero-order valence-corrected chi connectivity index (χ0v) is 15.1. The van der Waals surface area contributed by atoms with E-state index in [0.717, 1.165) is 24.1 Å². The van der Waals surface area contributed by atoms with Gasteiger partial charge < -0.3 is 10.6 Å². The number of nitrogens with zero attached hydrogens (tertiary/aromatic N) is 2. The van der Waals surface area contributed by atoms with Crippen molar-refractivity contribution < 1.29 is 9.59 Å². The van der Waals surface area contributed by atoms with Crippen LogP contribution in [-0.2, 0) is 9.59 Å². The number of hydrogen-bond acceptors (Lipinski definition) is 3. The summed E-state index contributed by atoms with van der Waals surface area (Å²) in [7, 11) is 0. The highest BCUT2D eigenvalue weighted by Crippen LogP contribution is 2.21. The second kappa shape index (κ2) is 8.65. The van der Waals surface area contributed by atoms with Gasteiger partial charge >= 0.3 is 0 Å². The Morgan fingerprint density at radius 2 is 1.88 bits per heavy atom. The number of aromatic nitrogens is 2. The van der Waals surface area contributed by atoms with Crippen molar-refractivity contribution in [3.8, 4) is 5.69 Å². The van der Waals surface area contributed by atoms with Crippen LogP contribution in [0.4, 0.5) is 0 Å². The molecule has 0 bridgehead atoms. The molecule has 0 spiro atoms. The first-order chi connectivity index (χ1) is 12.6. The minimum atomic E-state index is -0.166. The maximum Gasteiger partial charge on any atom is 0.220 e. The van der Waals surface area contributed by atoms with Crippen LogP contribution in [-0.4, -0.2) is 27.6 Å². The van der Waals surface area contributed by atoms with E-state index in [4.69, 9.17) is 0 Å². The van der Waals surface area contributed by atoms with E-state index in [2.05, 4.69) is 15.7 Å². The number of hydrogen-bond donors (Lipinski definition) is 2. The minimum Gasteiger partial charge on any atom is -0.353 e. The van der Waals surface area contributed by atoms with Crippen molar-refractivity contribution >= 4 is 11.8 Å². The molecule has 2 aromatic rings. The second-order valence-electron chi connectivity index (χ2n) is 6.85. The van der Waals surface area contributed by atoms with Crippen molar-refractivity contribution in [3.05, 3.63) is 48.3 Å². The van der Waals surface area contributed by atoms with E-state index in [1.54, 1.807) is 10.9 Å². The van der Waals surface area contributed by atoms with Gasteiger partial charge in [0.25, 0.3) is 0 Å². The van der Waals surface area contributed by atoms with Gasteiger partial charge in [0.2, 0.25) is 11.8 Å². The fourth-order valence-electron chi connectivity index (χ4n) is 3.46. The van der Waals surface area contributed by atoms with Gasteiger partial charge in [-0.05, 0) is 37.5 Å². The smallest absolute Gasteiger partial charge is 0.220 e. The lowest BCUT2D eigenvalue weighted by atomic mass is 10.1. The van der Waals surface area contributed by atoms with E-state index in [1.165, 1.54) is 12.8 Å². The van der Waals surface area contributed by atoms with E-state index in [9.17, 15) is 9.59 Å². The van der Waals surface area contributed by atoms with E-state index in [0.29, 0.717) is 6.04 Å². The molecule has 3 rings (SSSR count). The van der Waals surface area contributed by atoms with Gasteiger partial charge in [0.1, 0.15) is 0 Å². The molecular formula is C20H26N4O2. The Morgan fingerprint density at radius 3 is 2.62 bits per heavy atom. The summed E-state index contributed by atoms with van der Waals surface area (Å²) in [5.74, 6) is -0.147. The van der Waals surface area contributed by atoms with Crippen LogP contribution in [0.2, 0.25) is 0 Å². The molecule has 138 valence electrons. The summed E-state index contributed by atoms with van der Waals surface area (Å²) >= 11 is 0. The van der Waals surface area contributed by atoms with Gasteiger partial charge in [-0.15, -0.1) is 0 Å². The lowest BCUT2D eigenvalue weighted by Gasteiger charge is -2.18. The van der Waals surface area contributed by atoms with Crippen molar-refractivity contribution in [1.82, 2.24) is 20.4 Å². The summed E-state index contributed by atoms with van der Waals surface area (Å²) in [5.41, 5.74) is 1.92. The molecule has 1 aliphatic rings. The number of amides is 2. The van der Waals surface area contributed by atoms with E-state index in [-0.39, 0.29) is 30.7 Å². The Morgan fingerprint density at radius 1 is 1.15 bits per heavy atom. The van der Waals surface area contributed by atoms with Gasteiger partial charge in [0.15, 0.2) is 0 Å². The lowest BCUT2D eigenvalue weighted by molar-refractivity contribution is -0.127. The maximum absolute atomic E-state index is 12.3. The minimum absolute atomic E-state index is 0.0309. The number of rotatable bonds is 7. The molecule has 0 radical (unpaired) electrons. The Kier molecular flexibility index (Phi) is 6.04. The first-order valence-electron chi connectivity index (χ1n) is 9.31. The predicted molar refractivity (Wildman–Crippen MR) is 99.8 cm³/mol.